The molecule has 3 heteroatoms. The zero-order chi connectivity index (χ0) is 14.7. The summed E-state index contributed by atoms with van der Waals surface area (Å²) in [5.74, 6) is -0.473. The number of carbonyl (C=O) groups is 1. The third kappa shape index (κ3) is 2.67. The molecular weight excluding hydrogens is 260 g/mol. The number of pyridine rings is 1. The Morgan fingerprint density at radius 3 is 1.95 bits per heavy atom. The lowest BCUT2D eigenvalue weighted by molar-refractivity contribution is 0.100. The van der Waals surface area contributed by atoms with Gasteiger partial charge in [0, 0.05) is 17.3 Å². The highest BCUT2D eigenvalue weighted by Gasteiger charge is 2.13. The highest BCUT2D eigenvalue weighted by atomic mass is 16.1. The van der Waals surface area contributed by atoms with Crippen molar-refractivity contribution < 1.29 is 4.79 Å². The second-order valence-corrected chi connectivity index (χ2v) is 4.72. The largest absolute Gasteiger partial charge is 0.366 e. The normalized spacial score (nSPS) is 10.3. The van der Waals surface area contributed by atoms with E-state index in [1.54, 1.807) is 12.3 Å². The predicted molar refractivity (Wildman–Crippen MR) is 83.6 cm³/mol. The first kappa shape index (κ1) is 13.1. The molecule has 3 aromatic rings. The summed E-state index contributed by atoms with van der Waals surface area (Å²) < 4.78 is 0. The molecule has 0 radical (unpaired) electrons. The van der Waals surface area contributed by atoms with Gasteiger partial charge in [-0.05, 0) is 11.6 Å². The summed E-state index contributed by atoms with van der Waals surface area (Å²) in [5, 5.41) is 0. The molecule has 2 N–H and O–H groups in total. The standard InChI is InChI=1S/C18H14N2O/c19-18(21)16-11-15(13-7-3-1-4-8-13)12-20-17(16)14-9-5-2-6-10-14/h1-12H,(H2,19,21). The van der Waals surface area contributed by atoms with Crippen molar-refractivity contribution in [1.82, 2.24) is 4.98 Å². The molecule has 21 heavy (non-hydrogen) atoms. The number of aromatic nitrogens is 1. The van der Waals surface area contributed by atoms with E-state index < -0.39 is 5.91 Å². The van der Waals surface area contributed by atoms with Gasteiger partial charge in [0.2, 0.25) is 0 Å². The summed E-state index contributed by atoms with van der Waals surface area (Å²) in [5.41, 5.74) is 9.33. The van der Waals surface area contributed by atoms with Crippen LogP contribution in [0.4, 0.5) is 0 Å². The van der Waals surface area contributed by atoms with Crippen LogP contribution in [0.15, 0.2) is 72.9 Å². The molecule has 3 nitrogen and oxygen atoms in total. The number of hydrogen-bond donors (Lipinski definition) is 1. The number of benzene rings is 2. The van der Waals surface area contributed by atoms with Gasteiger partial charge in [-0.25, -0.2) is 0 Å². The van der Waals surface area contributed by atoms with Gasteiger partial charge in [-0.1, -0.05) is 60.7 Å². The molecule has 0 aliphatic heterocycles. The van der Waals surface area contributed by atoms with E-state index >= 15 is 0 Å². The van der Waals surface area contributed by atoms with Gasteiger partial charge in [0.05, 0.1) is 11.3 Å². The topological polar surface area (TPSA) is 56.0 Å². The predicted octanol–water partition coefficient (Wildman–Crippen LogP) is 3.51. The molecule has 0 atom stereocenters. The fourth-order valence-electron chi connectivity index (χ4n) is 2.27. The molecule has 0 fully saturated rings. The van der Waals surface area contributed by atoms with Crippen molar-refractivity contribution in [2.75, 3.05) is 0 Å². The van der Waals surface area contributed by atoms with Gasteiger partial charge in [-0.2, -0.15) is 0 Å². The highest BCUT2D eigenvalue weighted by molar-refractivity contribution is 5.99. The highest BCUT2D eigenvalue weighted by Crippen LogP contribution is 2.26. The van der Waals surface area contributed by atoms with Crippen molar-refractivity contribution in [3.05, 3.63) is 78.5 Å². The van der Waals surface area contributed by atoms with Crippen LogP contribution in [0.5, 0.6) is 0 Å². The third-order valence-corrected chi connectivity index (χ3v) is 3.31. The molecule has 0 spiro atoms. The Morgan fingerprint density at radius 1 is 0.810 bits per heavy atom. The van der Waals surface area contributed by atoms with Crippen molar-refractivity contribution in [1.29, 1.82) is 0 Å². The molecule has 1 heterocycles. The molecule has 2 aromatic carbocycles. The number of hydrogen-bond acceptors (Lipinski definition) is 2. The molecule has 102 valence electrons. The summed E-state index contributed by atoms with van der Waals surface area (Å²) >= 11 is 0. The average Bonchev–Trinajstić information content (AvgIpc) is 2.56. The van der Waals surface area contributed by atoms with Crippen LogP contribution < -0.4 is 5.73 Å². The molecule has 0 saturated heterocycles. The first-order valence-corrected chi connectivity index (χ1v) is 6.66. The number of rotatable bonds is 3. The third-order valence-electron chi connectivity index (χ3n) is 3.31. The lowest BCUT2D eigenvalue weighted by Gasteiger charge is -2.09. The zero-order valence-electron chi connectivity index (χ0n) is 11.4. The van der Waals surface area contributed by atoms with Gasteiger partial charge in [0.25, 0.3) is 5.91 Å². The van der Waals surface area contributed by atoms with E-state index in [2.05, 4.69) is 4.98 Å². The van der Waals surface area contributed by atoms with Crippen molar-refractivity contribution in [2.24, 2.45) is 5.73 Å². The minimum absolute atomic E-state index is 0.433. The Balaban J connectivity index is 2.14. The average molecular weight is 274 g/mol. The summed E-state index contributed by atoms with van der Waals surface area (Å²) in [6, 6.07) is 21.2. The van der Waals surface area contributed by atoms with Crippen molar-refractivity contribution in [2.45, 2.75) is 0 Å². The smallest absolute Gasteiger partial charge is 0.250 e. The van der Waals surface area contributed by atoms with Crippen LogP contribution in [0.1, 0.15) is 10.4 Å². The molecule has 0 unspecified atom stereocenters. The van der Waals surface area contributed by atoms with Crippen LogP contribution in [0.25, 0.3) is 22.4 Å². The Labute approximate surface area is 123 Å². The minimum atomic E-state index is -0.473. The molecule has 0 aliphatic carbocycles. The van der Waals surface area contributed by atoms with E-state index in [-0.39, 0.29) is 0 Å². The Bertz CT molecular complexity index is 768. The zero-order valence-corrected chi connectivity index (χ0v) is 11.4. The fourth-order valence-corrected chi connectivity index (χ4v) is 2.27. The van der Waals surface area contributed by atoms with Crippen LogP contribution >= 0.6 is 0 Å². The summed E-state index contributed by atoms with van der Waals surface area (Å²) in [6.45, 7) is 0. The van der Waals surface area contributed by atoms with E-state index in [0.29, 0.717) is 11.3 Å². The van der Waals surface area contributed by atoms with E-state index in [0.717, 1.165) is 16.7 Å². The molecule has 0 aliphatic rings. The van der Waals surface area contributed by atoms with Crippen molar-refractivity contribution in [3.8, 4) is 22.4 Å². The maximum absolute atomic E-state index is 11.8. The lowest BCUT2D eigenvalue weighted by Crippen LogP contribution is -2.13. The van der Waals surface area contributed by atoms with E-state index in [1.807, 2.05) is 60.7 Å². The Hall–Kier alpha value is -2.94. The Kier molecular flexibility index (Phi) is 3.48. The van der Waals surface area contributed by atoms with Crippen LogP contribution in [-0.2, 0) is 0 Å². The number of amides is 1. The lowest BCUT2D eigenvalue weighted by atomic mass is 10.0. The number of primary amides is 1. The maximum atomic E-state index is 11.8. The number of nitrogens with two attached hydrogens (primary N) is 1. The van der Waals surface area contributed by atoms with Gasteiger partial charge in [0.15, 0.2) is 0 Å². The van der Waals surface area contributed by atoms with E-state index in [4.69, 9.17) is 5.73 Å². The quantitative estimate of drug-likeness (QED) is 0.794. The fraction of sp³-hybridized carbons (Fsp3) is 0. The molecule has 0 bridgehead atoms. The van der Waals surface area contributed by atoms with Gasteiger partial charge in [0.1, 0.15) is 0 Å². The van der Waals surface area contributed by atoms with Crippen LogP contribution in [0, 0.1) is 0 Å². The van der Waals surface area contributed by atoms with Crippen molar-refractivity contribution in [3.63, 3.8) is 0 Å². The monoisotopic (exact) mass is 274 g/mol. The second kappa shape index (κ2) is 5.59. The van der Waals surface area contributed by atoms with E-state index in [9.17, 15) is 4.79 Å². The molecular formula is C18H14N2O. The van der Waals surface area contributed by atoms with Crippen molar-refractivity contribution >= 4 is 5.91 Å². The maximum Gasteiger partial charge on any atom is 0.250 e. The molecule has 3 rings (SSSR count). The molecule has 1 amide bonds. The molecule has 1 aromatic heterocycles. The summed E-state index contributed by atoms with van der Waals surface area (Å²) in [4.78, 5) is 16.2. The Morgan fingerprint density at radius 2 is 1.38 bits per heavy atom. The number of carbonyl (C=O) groups excluding carboxylic acids is 1. The number of nitrogens with zero attached hydrogens (tertiary/aromatic N) is 1. The van der Waals surface area contributed by atoms with Gasteiger partial charge >= 0.3 is 0 Å². The van der Waals surface area contributed by atoms with Gasteiger partial charge in [-0.15, -0.1) is 0 Å². The summed E-state index contributed by atoms with van der Waals surface area (Å²) in [6.07, 6.45) is 1.77. The van der Waals surface area contributed by atoms with Crippen LogP contribution in [0.3, 0.4) is 0 Å². The molecule has 0 saturated carbocycles. The first-order valence-electron chi connectivity index (χ1n) is 6.66. The summed E-state index contributed by atoms with van der Waals surface area (Å²) in [7, 11) is 0. The SMILES string of the molecule is NC(=O)c1cc(-c2ccccc2)cnc1-c1ccccc1. The van der Waals surface area contributed by atoms with Gasteiger partial charge < -0.3 is 5.73 Å². The van der Waals surface area contributed by atoms with Crippen LogP contribution in [0.2, 0.25) is 0 Å². The second-order valence-electron chi connectivity index (χ2n) is 4.72. The minimum Gasteiger partial charge on any atom is -0.366 e. The first-order chi connectivity index (χ1) is 10.3. The van der Waals surface area contributed by atoms with Gasteiger partial charge in [-0.3, -0.25) is 9.78 Å². The van der Waals surface area contributed by atoms with E-state index in [1.165, 1.54) is 0 Å². The van der Waals surface area contributed by atoms with Crippen LogP contribution in [-0.4, -0.2) is 10.9 Å².